The number of aromatic nitrogens is 1. The Hall–Kier alpha value is -3.17. The van der Waals surface area contributed by atoms with Crippen LogP contribution in [0.1, 0.15) is 28.9 Å². The summed E-state index contributed by atoms with van der Waals surface area (Å²) in [5.74, 6) is -0.679. The van der Waals surface area contributed by atoms with Crippen molar-refractivity contribution in [2.75, 3.05) is 31.4 Å². The van der Waals surface area contributed by atoms with Crippen molar-refractivity contribution >= 4 is 11.8 Å². The van der Waals surface area contributed by atoms with Crippen molar-refractivity contribution in [1.82, 2.24) is 9.58 Å². The van der Waals surface area contributed by atoms with Gasteiger partial charge in [-0.25, -0.2) is 9.69 Å². The minimum atomic E-state index is -0.602. The van der Waals surface area contributed by atoms with Crippen LogP contribution in [0, 0.1) is 0 Å². The molecule has 3 aliphatic rings. The van der Waals surface area contributed by atoms with Gasteiger partial charge in [0.25, 0.3) is 11.8 Å². The number of rotatable bonds is 4. The van der Waals surface area contributed by atoms with Crippen LogP contribution in [0.2, 0.25) is 0 Å². The Bertz CT molecular complexity index is 1050. The highest BCUT2D eigenvalue weighted by Gasteiger charge is 2.46. The summed E-state index contributed by atoms with van der Waals surface area (Å²) in [6.07, 6.45) is 1.68. The van der Waals surface area contributed by atoms with Gasteiger partial charge in [-0.05, 0) is 18.4 Å². The largest absolute Gasteiger partial charge is 0.482 e. The molecule has 3 aliphatic heterocycles. The maximum atomic E-state index is 13.4. The molecule has 0 bridgehead atoms. The molecule has 31 heavy (non-hydrogen) atoms. The normalized spacial score (nSPS) is 22.8. The number of morpholine rings is 1. The van der Waals surface area contributed by atoms with Crippen LogP contribution in [-0.4, -0.2) is 60.0 Å². The fraction of sp³-hybridized carbons (Fsp3) is 0.409. The topological polar surface area (TPSA) is 90.3 Å². The van der Waals surface area contributed by atoms with Gasteiger partial charge in [-0.1, -0.05) is 30.3 Å². The number of pyridine rings is 1. The predicted molar refractivity (Wildman–Crippen MR) is 109 cm³/mol. The second kappa shape index (κ2) is 8.16. The highest BCUT2D eigenvalue weighted by molar-refractivity contribution is 6.00. The molecule has 2 saturated heterocycles. The Morgan fingerprint density at radius 3 is 2.74 bits per heavy atom. The fourth-order valence-corrected chi connectivity index (χ4v) is 4.24. The lowest BCUT2D eigenvalue weighted by molar-refractivity contribution is -0.132. The Kier molecular flexibility index (Phi) is 5.21. The molecule has 5 rings (SSSR count). The number of hydrogen-bond donors (Lipinski definition) is 0. The minimum absolute atomic E-state index is 0.0490. The molecular weight excluding hydrogens is 402 g/mol. The average Bonchev–Trinajstić information content (AvgIpc) is 3.34. The van der Waals surface area contributed by atoms with Crippen LogP contribution >= 0.6 is 0 Å². The van der Waals surface area contributed by atoms with Crippen molar-refractivity contribution in [2.24, 2.45) is 0 Å². The lowest BCUT2D eigenvalue weighted by Crippen LogP contribution is -2.68. The molecule has 0 spiro atoms. The molecule has 162 valence electrons. The molecule has 2 fully saturated rings. The first-order valence-corrected chi connectivity index (χ1v) is 10.4. The number of hydrogen-bond acceptors (Lipinski definition) is 6. The summed E-state index contributed by atoms with van der Waals surface area (Å²) in [7, 11) is 0. The monoisotopic (exact) mass is 425 g/mol. The van der Waals surface area contributed by atoms with E-state index in [1.807, 2.05) is 30.3 Å². The Morgan fingerprint density at radius 2 is 1.97 bits per heavy atom. The van der Waals surface area contributed by atoms with E-state index in [9.17, 15) is 14.4 Å². The summed E-state index contributed by atoms with van der Waals surface area (Å²) < 4.78 is 18.5. The number of fused-ring (bicyclic) bond motifs is 2. The van der Waals surface area contributed by atoms with Crippen molar-refractivity contribution in [3.05, 3.63) is 64.1 Å². The lowest BCUT2D eigenvalue weighted by Gasteiger charge is -2.47. The standard InChI is InChI=1S/C22H23N3O6/c26-16-8-9-24-19(20(16)31-13-15-5-2-1-3-6-15)22(28)23-10-12-29-14-18(23)25(24)21(27)17-7-4-11-30-17/h1-3,5-6,8-9,17-18H,4,7,10-14H2/t17-,18-/m1/s1. The van der Waals surface area contributed by atoms with Crippen LogP contribution in [0.3, 0.4) is 0 Å². The van der Waals surface area contributed by atoms with Crippen molar-refractivity contribution in [2.45, 2.75) is 31.7 Å². The van der Waals surface area contributed by atoms with E-state index in [1.165, 1.54) is 21.9 Å². The van der Waals surface area contributed by atoms with Gasteiger partial charge < -0.3 is 19.1 Å². The fourth-order valence-electron chi connectivity index (χ4n) is 4.24. The molecule has 0 N–H and O–H groups in total. The Labute approximate surface area is 178 Å². The third-order valence-corrected chi connectivity index (χ3v) is 5.77. The highest BCUT2D eigenvalue weighted by Crippen LogP contribution is 2.28. The van der Waals surface area contributed by atoms with E-state index < -0.39 is 17.7 Å². The van der Waals surface area contributed by atoms with Gasteiger partial charge in [-0.15, -0.1) is 0 Å². The van der Waals surface area contributed by atoms with Gasteiger partial charge in [-0.3, -0.25) is 14.4 Å². The van der Waals surface area contributed by atoms with E-state index in [0.717, 1.165) is 12.0 Å². The van der Waals surface area contributed by atoms with E-state index >= 15 is 0 Å². The first-order valence-electron chi connectivity index (χ1n) is 10.4. The summed E-state index contributed by atoms with van der Waals surface area (Å²) >= 11 is 0. The molecule has 2 amide bonds. The maximum Gasteiger partial charge on any atom is 0.278 e. The van der Waals surface area contributed by atoms with Crippen molar-refractivity contribution in [1.29, 1.82) is 0 Å². The van der Waals surface area contributed by atoms with E-state index in [-0.39, 0.29) is 36.5 Å². The summed E-state index contributed by atoms with van der Waals surface area (Å²) in [5, 5.41) is 1.47. The van der Waals surface area contributed by atoms with Crippen molar-refractivity contribution in [3.8, 4) is 5.75 Å². The summed E-state index contributed by atoms with van der Waals surface area (Å²) in [5.41, 5.74) is 0.504. The maximum absolute atomic E-state index is 13.4. The van der Waals surface area contributed by atoms with Crippen LogP contribution in [-0.2, 0) is 20.9 Å². The molecular formula is C22H23N3O6. The van der Waals surface area contributed by atoms with Crippen LogP contribution in [0.4, 0.5) is 0 Å². The molecule has 0 radical (unpaired) electrons. The van der Waals surface area contributed by atoms with E-state index in [4.69, 9.17) is 14.2 Å². The average molecular weight is 425 g/mol. The van der Waals surface area contributed by atoms with Crippen molar-refractivity contribution in [3.63, 3.8) is 0 Å². The molecule has 4 heterocycles. The van der Waals surface area contributed by atoms with Gasteiger partial charge in [0.1, 0.15) is 12.7 Å². The van der Waals surface area contributed by atoms with E-state index in [1.54, 1.807) is 4.90 Å². The molecule has 0 saturated carbocycles. The zero-order valence-electron chi connectivity index (χ0n) is 16.9. The zero-order chi connectivity index (χ0) is 21.4. The first kappa shape index (κ1) is 19.8. The molecule has 9 heteroatoms. The van der Waals surface area contributed by atoms with Gasteiger partial charge in [-0.2, -0.15) is 0 Å². The Morgan fingerprint density at radius 1 is 1.13 bits per heavy atom. The SMILES string of the molecule is O=C1c2c(OCc3ccccc3)c(=O)ccn2N(C(=O)[C@H]2CCCO2)[C@@H]2COCCN12. The predicted octanol–water partition coefficient (Wildman–Crippen LogP) is 0.883. The third-order valence-electron chi connectivity index (χ3n) is 5.77. The lowest BCUT2D eigenvalue weighted by atomic mass is 10.1. The number of carbonyl (C=O) groups excluding carboxylic acids is 2. The molecule has 9 nitrogen and oxygen atoms in total. The molecule has 1 aromatic carbocycles. The quantitative estimate of drug-likeness (QED) is 0.723. The van der Waals surface area contributed by atoms with Gasteiger partial charge in [0.05, 0.1) is 13.2 Å². The molecule has 2 aromatic rings. The molecule has 1 aromatic heterocycles. The van der Waals surface area contributed by atoms with E-state index in [0.29, 0.717) is 26.2 Å². The zero-order valence-corrected chi connectivity index (χ0v) is 16.9. The molecule has 0 unspecified atom stereocenters. The van der Waals surface area contributed by atoms with Gasteiger partial charge in [0.2, 0.25) is 5.43 Å². The highest BCUT2D eigenvalue weighted by atomic mass is 16.5. The smallest absolute Gasteiger partial charge is 0.278 e. The number of ether oxygens (including phenoxy) is 3. The minimum Gasteiger partial charge on any atom is -0.482 e. The summed E-state index contributed by atoms with van der Waals surface area (Å²) in [4.78, 5) is 41.0. The van der Waals surface area contributed by atoms with Crippen LogP contribution in [0.15, 0.2) is 47.4 Å². The molecule has 2 atom stereocenters. The second-order valence-corrected chi connectivity index (χ2v) is 7.72. The number of amides is 2. The van der Waals surface area contributed by atoms with Crippen LogP contribution < -0.4 is 15.2 Å². The van der Waals surface area contributed by atoms with Gasteiger partial charge in [0.15, 0.2) is 17.6 Å². The number of carbonyl (C=O) groups is 2. The summed E-state index contributed by atoms with van der Waals surface area (Å²) in [6, 6.07) is 10.7. The summed E-state index contributed by atoms with van der Waals surface area (Å²) in [6.45, 7) is 1.53. The van der Waals surface area contributed by atoms with Crippen molar-refractivity contribution < 1.29 is 23.8 Å². The second-order valence-electron chi connectivity index (χ2n) is 7.72. The van der Waals surface area contributed by atoms with E-state index in [2.05, 4.69) is 0 Å². The number of nitrogens with zero attached hydrogens (tertiary/aromatic N) is 3. The van der Waals surface area contributed by atoms with Gasteiger partial charge >= 0.3 is 0 Å². The first-order chi connectivity index (χ1) is 15.1. The number of benzene rings is 1. The Balaban J connectivity index is 1.57. The van der Waals surface area contributed by atoms with Gasteiger partial charge in [0, 0.05) is 25.4 Å². The van der Waals surface area contributed by atoms with Crippen LogP contribution in [0.25, 0.3) is 0 Å². The third kappa shape index (κ3) is 3.49. The molecule has 0 aliphatic carbocycles. The van der Waals surface area contributed by atoms with Crippen LogP contribution in [0.5, 0.6) is 5.75 Å².